The van der Waals surface area contributed by atoms with Crippen LogP contribution in [0.2, 0.25) is 0 Å². The monoisotopic (exact) mass is 248 g/mol. The molecule has 0 bridgehead atoms. The molecule has 90 valence electrons. The lowest BCUT2D eigenvalue weighted by Gasteiger charge is -2.43. The standard InChI is InChI=1S/C13H16N2OS/c1-9-8-13(4-5-15-9)12-10(3-6-16-13)7-11(14-2)17-12/h7,9,15H,3-6,8H2,1H3/t9-,13+/m0/s1. The summed E-state index contributed by atoms with van der Waals surface area (Å²) in [6.07, 6.45) is 3.02. The van der Waals surface area contributed by atoms with Crippen LogP contribution < -0.4 is 5.32 Å². The smallest absolute Gasteiger partial charge is 0.241 e. The van der Waals surface area contributed by atoms with Crippen molar-refractivity contribution >= 4 is 16.3 Å². The SMILES string of the molecule is [C-]#[N+]c1cc2c(s1)[C@]1(CCN[C@@H](C)C1)OCC2. The Morgan fingerprint density at radius 2 is 2.53 bits per heavy atom. The van der Waals surface area contributed by atoms with Crippen molar-refractivity contribution in [2.75, 3.05) is 13.2 Å². The molecule has 1 aromatic heterocycles. The highest BCUT2D eigenvalue weighted by Crippen LogP contribution is 2.47. The van der Waals surface area contributed by atoms with Gasteiger partial charge in [-0.1, -0.05) is 0 Å². The Morgan fingerprint density at radius 1 is 1.65 bits per heavy atom. The van der Waals surface area contributed by atoms with Crippen LogP contribution >= 0.6 is 11.3 Å². The first kappa shape index (κ1) is 11.2. The van der Waals surface area contributed by atoms with Crippen LogP contribution in [-0.2, 0) is 16.8 Å². The number of rotatable bonds is 0. The molecule has 2 atom stereocenters. The maximum atomic E-state index is 7.15. The maximum absolute atomic E-state index is 7.15. The van der Waals surface area contributed by atoms with E-state index in [2.05, 4.69) is 23.2 Å². The Morgan fingerprint density at radius 3 is 3.29 bits per heavy atom. The number of nitrogens with one attached hydrogen (secondary N) is 1. The highest BCUT2D eigenvalue weighted by Gasteiger charge is 2.42. The van der Waals surface area contributed by atoms with E-state index in [1.54, 1.807) is 11.3 Å². The predicted molar refractivity (Wildman–Crippen MR) is 68.6 cm³/mol. The normalized spacial score (nSPS) is 32.1. The first-order chi connectivity index (χ1) is 8.23. The van der Waals surface area contributed by atoms with Gasteiger partial charge in [0.25, 0.3) is 0 Å². The van der Waals surface area contributed by atoms with Crippen LogP contribution in [0.4, 0.5) is 5.00 Å². The van der Waals surface area contributed by atoms with Gasteiger partial charge in [-0.2, -0.15) is 11.3 Å². The number of ether oxygens (including phenoxy) is 1. The fraction of sp³-hybridized carbons (Fsp3) is 0.615. The summed E-state index contributed by atoms with van der Waals surface area (Å²) >= 11 is 1.64. The second-order valence-electron chi connectivity index (χ2n) is 4.95. The van der Waals surface area contributed by atoms with Crippen LogP contribution in [0.1, 0.15) is 30.2 Å². The molecular formula is C13H16N2OS. The summed E-state index contributed by atoms with van der Waals surface area (Å²) in [5.41, 5.74) is 1.24. The van der Waals surface area contributed by atoms with E-state index in [0.717, 1.165) is 37.4 Å². The van der Waals surface area contributed by atoms with Gasteiger partial charge in [0, 0.05) is 10.9 Å². The van der Waals surface area contributed by atoms with Gasteiger partial charge < -0.3 is 10.1 Å². The molecule has 1 aromatic rings. The Kier molecular flexibility index (Phi) is 2.70. The lowest BCUT2D eigenvalue weighted by molar-refractivity contribution is -0.0848. The molecule has 1 fully saturated rings. The summed E-state index contributed by atoms with van der Waals surface area (Å²) in [5, 5.41) is 4.28. The minimum atomic E-state index is -0.105. The van der Waals surface area contributed by atoms with Gasteiger partial charge in [0.1, 0.15) is 5.60 Å². The molecule has 3 nitrogen and oxygen atoms in total. The number of fused-ring (bicyclic) bond motifs is 2. The third-order valence-corrected chi connectivity index (χ3v) is 4.98. The largest absolute Gasteiger partial charge is 0.369 e. The lowest BCUT2D eigenvalue weighted by Crippen LogP contribution is -2.48. The summed E-state index contributed by atoms with van der Waals surface area (Å²) < 4.78 is 6.13. The summed E-state index contributed by atoms with van der Waals surface area (Å²) in [5.74, 6) is 0. The number of thiophene rings is 1. The summed E-state index contributed by atoms with van der Waals surface area (Å²) in [6.45, 7) is 11.2. The molecule has 0 saturated carbocycles. The second-order valence-corrected chi connectivity index (χ2v) is 5.98. The second kappa shape index (κ2) is 4.09. The van der Waals surface area contributed by atoms with Crippen molar-refractivity contribution in [1.29, 1.82) is 0 Å². The maximum Gasteiger partial charge on any atom is 0.241 e. The minimum Gasteiger partial charge on any atom is -0.369 e. The average Bonchev–Trinajstić information content (AvgIpc) is 2.74. The van der Waals surface area contributed by atoms with Gasteiger partial charge in [0.05, 0.1) is 13.2 Å². The van der Waals surface area contributed by atoms with Gasteiger partial charge in [0.15, 0.2) is 0 Å². The molecule has 3 heterocycles. The van der Waals surface area contributed by atoms with E-state index in [9.17, 15) is 0 Å². The third-order valence-electron chi connectivity index (χ3n) is 3.73. The van der Waals surface area contributed by atoms with Gasteiger partial charge in [-0.25, -0.2) is 4.85 Å². The van der Waals surface area contributed by atoms with Gasteiger partial charge in [-0.3, -0.25) is 0 Å². The fourth-order valence-electron chi connectivity index (χ4n) is 2.99. The van der Waals surface area contributed by atoms with Gasteiger partial charge in [-0.05, 0) is 44.4 Å². The van der Waals surface area contributed by atoms with Gasteiger partial charge >= 0.3 is 0 Å². The van der Waals surface area contributed by atoms with Gasteiger partial charge in [-0.15, -0.1) is 0 Å². The molecule has 2 aliphatic heterocycles. The zero-order chi connectivity index (χ0) is 11.9. The molecule has 0 amide bonds. The zero-order valence-corrected chi connectivity index (χ0v) is 10.8. The molecule has 2 aliphatic rings. The van der Waals surface area contributed by atoms with Crippen molar-refractivity contribution < 1.29 is 4.74 Å². The highest BCUT2D eigenvalue weighted by atomic mass is 32.1. The summed E-state index contributed by atoms with van der Waals surface area (Å²) in [7, 11) is 0. The molecule has 4 heteroatoms. The average molecular weight is 248 g/mol. The highest BCUT2D eigenvalue weighted by molar-refractivity contribution is 7.16. The van der Waals surface area contributed by atoms with E-state index < -0.39 is 0 Å². The molecule has 1 saturated heterocycles. The summed E-state index contributed by atoms with van der Waals surface area (Å²) in [6, 6.07) is 2.55. The number of hydrogen-bond acceptors (Lipinski definition) is 3. The van der Waals surface area contributed by atoms with Crippen molar-refractivity contribution in [1.82, 2.24) is 5.32 Å². The van der Waals surface area contributed by atoms with Crippen LogP contribution in [0, 0.1) is 6.57 Å². The zero-order valence-electron chi connectivity index (χ0n) is 9.95. The van der Waals surface area contributed by atoms with Crippen LogP contribution in [0.25, 0.3) is 4.85 Å². The molecule has 1 N–H and O–H groups in total. The van der Waals surface area contributed by atoms with Crippen molar-refractivity contribution in [2.45, 2.75) is 37.8 Å². The molecule has 0 radical (unpaired) electrons. The predicted octanol–water partition coefficient (Wildman–Crippen LogP) is 2.84. The van der Waals surface area contributed by atoms with Crippen molar-refractivity contribution in [2.24, 2.45) is 0 Å². The lowest BCUT2D eigenvalue weighted by atomic mass is 9.83. The number of nitrogens with zero attached hydrogens (tertiary/aromatic N) is 1. The van der Waals surface area contributed by atoms with E-state index in [1.807, 2.05) is 0 Å². The first-order valence-corrected chi connectivity index (χ1v) is 6.93. The van der Waals surface area contributed by atoms with Crippen LogP contribution in [0.5, 0.6) is 0 Å². The van der Waals surface area contributed by atoms with Gasteiger partial charge in [0.2, 0.25) is 5.00 Å². The minimum absolute atomic E-state index is 0.105. The van der Waals surface area contributed by atoms with Crippen LogP contribution in [0.15, 0.2) is 6.07 Å². The Labute approximate surface area is 106 Å². The molecule has 17 heavy (non-hydrogen) atoms. The molecule has 0 aliphatic carbocycles. The summed E-state index contributed by atoms with van der Waals surface area (Å²) in [4.78, 5) is 4.89. The Balaban J connectivity index is 2.03. The van der Waals surface area contributed by atoms with Crippen molar-refractivity contribution in [3.63, 3.8) is 0 Å². The van der Waals surface area contributed by atoms with E-state index in [0.29, 0.717) is 6.04 Å². The molecule has 0 aromatic carbocycles. The van der Waals surface area contributed by atoms with Crippen LogP contribution in [-0.4, -0.2) is 19.2 Å². The van der Waals surface area contributed by atoms with Crippen molar-refractivity contribution in [3.05, 3.63) is 27.9 Å². The van der Waals surface area contributed by atoms with Crippen LogP contribution in [0.3, 0.4) is 0 Å². The topological polar surface area (TPSA) is 25.6 Å². The quantitative estimate of drug-likeness (QED) is 0.714. The van der Waals surface area contributed by atoms with E-state index >= 15 is 0 Å². The molecule has 3 rings (SSSR count). The van der Waals surface area contributed by atoms with E-state index in [-0.39, 0.29) is 5.60 Å². The molecular weight excluding hydrogens is 232 g/mol. The Bertz CT molecular complexity index is 476. The van der Waals surface area contributed by atoms with E-state index in [1.165, 1.54) is 10.4 Å². The number of hydrogen-bond donors (Lipinski definition) is 1. The van der Waals surface area contributed by atoms with Crippen molar-refractivity contribution in [3.8, 4) is 0 Å². The first-order valence-electron chi connectivity index (χ1n) is 6.11. The number of piperidine rings is 1. The molecule has 1 spiro atoms. The fourth-order valence-corrected chi connectivity index (χ4v) is 4.17. The Hall–Kier alpha value is -0.890. The third kappa shape index (κ3) is 1.79. The van der Waals surface area contributed by atoms with E-state index in [4.69, 9.17) is 11.3 Å². The molecule has 0 unspecified atom stereocenters.